The predicted octanol–water partition coefficient (Wildman–Crippen LogP) is 1.67. The molecule has 5 heteroatoms. The molecule has 5 nitrogen and oxygen atoms in total. The molecule has 1 amide bonds. The monoisotopic (exact) mass is 270 g/mol. The fourth-order valence-corrected chi connectivity index (χ4v) is 2.24. The van der Waals surface area contributed by atoms with Crippen LogP contribution in [0, 0.1) is 11.8 Å². The molecule has 1 unspecified atom stereocenters. The Balaban J connectivity index is 1.66. The SMILES string of the molecule is CC(C(=O)Nc1cnn(-c2ccccc2)c1)C1CNC1. The van der Waals surface area contributed by atoms with E-state index in [0.717, 1.165) is 24.5 Å². The largest absolute Gasteiger partial charge is 0.323 e. The van der Waals surface area contributed by atoms with Gasteiger partial charge < -0.3 is 10.6 Å². The Labute approximate surface area is 118 Å². The Bertz CT molecular complexity index is 589. The predicted molar refractivity (Wildman–Crippen MR) is 77.7 cm³/mol. The molecular formula is C15H18N4O. The van der Waals surface area contributed by atoms with E-state index in [9.17, 15) is 4.79 Å². The van der Waals surface area contributed by atoms with Gasteiger partial charge in [0.2, 0.25) is 5.91 Å². The van der Waals surface area contributed by atoms with Crippen LogP contribution in [0.25, 0.3) is 5.69 Å². The van der Waals surface area contributed by atoms with Crippen LogP contribution >= 0.6 is 0 Å². The fourth-order valence-electron chi connectivity index (χ4n) is 2.24. The summed E-state index contributed by atoms with van der Waals surface area (Å²) in [4.78, 5) is 12.1. The highest BCUT2D eigenvalue weighted by Crippen LogP contribution is 2.18. The summed E-state index contributed by atoms with van der Waals surface area (Å²) in [5.41, 5.74) is 1.71. The van der Waals surface area contributed by atoms with Crippen LogP contribution in [0.4, 0.5) is 5.69 Å². The van der Waals surface area contributed by atoms with Crippen molar-refractivity contribution in [3.63, 3.8) is 0 Å². The molecule has 1 aromatic heterocycles. The first-order valence-corrected chi connectivity index (χ1v) is 6.86. The van der Waals surface area contributed by atoms with E-state index in [-0.39, 0.29) is 11.8 Å². The second-order valence-corrected chi connectivity index (χ2v) is 5.21. The van der Waals surface area contributed by atoms with Crippen LogP contribution in [-0.2, 0) is 4.79 Å². The first kappa shape index (κ1) is 12.9. The molecule has 0 aliphatic carbocycles. The van der Waals surface area contributed by atoms with Crippen molar-refractivity contribution in [2.45, 2.75) is 6.92 Å². The van der Waals surface area contributed by atoms with Crippen molar-refractivity contribution < 1.29 is 4.79 Å². The van der Waals surface area contributed by atoms with Gasteiger partial charge >= 0.3 is 0 Å². The molecule has 2 heterocycles. The van der Waals surface area contributed by atoms with Crippen molar-refractivity contribution in [2.24, 2.45) is 11.8 Å². The molecule has 1 saturated heterocycles. The van der Waals surface area contributed by atoms with E-state index in [1.165, 1.54) is 0 Å². The third-order valence-corrected chi connectivity index (χ3v) is 3.80. The highest BCUT2D eigenvalue weighted by Gasteiger charge is 2.28. The zero-order valence-corrected chi connectivity index (χ0v) is 11.4. The van der Waals surface area contributed by atoms with Crippen LogP contribution in [0.3, 0.4) is 0 Å². The summed E-state index contributed by atoms with van der Waals surface area (Å²) in [6.07, 6.45) is 3.51. The number of hydrogen-bond donors (Lipinski definition) is 2. The summed E-state index contributed by atoms with van der Waals surface area (Å²) in [6.45, 7) is 3.83. The number of nitrogens with zero attached hydrogens (tertiary/aromatic N) is 2. The van der Waals surface area contributed by atoms with Gasteiger partial charge in [0.1, 0.15) is 0 Å². The second kappa shape index (κ2) is 5.46. The van der Waals surface area contributed by atoms with Crippen molar-refractivity contribution in [2.75, 3.05) is 18.4 Å². The van der Waals surface area contributed by atoms with Crippen LogP contribution < -0.4 is 10.6 Å². The number of para-hydroxylation sites is 1. The maximum absolute atomic E-state index is 12.1. The van der Waals surface area contributed by atoms with Gasteiger partial charge in [-0.3, -0.25) is 4.79 Å². The van der Waals surface area contributed by atoms with E-state index in [2.05, 4.69) is 15.7 Å². The lowest BCUT2D eigenvalue weighted by molar-refractivity contribution is -0.121. The first-order valence-electron chi connectivity index (χ1n) is 6.86. The third-order valence-electron chi connectivity index (χ3n) is 3.80. The average Bonchev–Trinajstić information content (AvgIpc) is 2.86. The third kappa shape index (κ3) is 2.58. The van der Waals surface area contributed by atoms with Crippen molar-refractivity contribution in [3.8, 4) is 5.69 Å². The van der Waals surface area contributed by atoms with Gasteiger partial charge in [0, 0.05) is 5.92 Å². The van der Waals surface area contributed by atoms with E-state index >= 15 is 0 Å². The highest BCUT2D eigenvalue weighted by atomic mass is 16.1. The van der Waals surface area contributed by atoms with Gasteiger partial charge in [0.25, 0.3) is 0 Å². The molecule has 3 rings (SSSR count). The van der Waals surface area contributed by atoms with Crippen molar-refractivity contribution >= 4 is 11.6 Å². The molecule has 1 aromatic carbocycles. The number of hydrogen-bond acceptors (Lipinski definition) is 3. The molecule has 0 radical (unpaired) electrons. The smallest absolute Gasteiger partial charge is 0.227 e. The summed E-state index contributed by atoms with van der Waals surface area (Å²) in [6, 6.07) is 9.83. The topological polar surface area (TPSA) is 59.0 Å². The second-order valence-electron chi connectivity index (χ2n) is 5.21. The Morgan fingerprint density at radius 1 is 1.40 bits per heavy atom. The minimum atomic E-state index is 0.0244. The average molecular weight is 270 g/mol. The molecule has 1 aliphatic heterocycles. The van der Waals surface area contributed by atoms with Gasteiger partial charge in [-0.15, -0.1) is 0 Å². The van der Waals surface area contributed by atoms with Gasteiger partial charge in [-0.25, -0.2) is 4.68 Å². The van der Waals surface area contributed by atoms with Gasteiger partial charge in [0.05, 0.1) is 23.8 Å². The molecule has 1 atom stereocenters. The van der Waals surface area contributed by atoms with Crippen molar-refractivity contribution in [1.29, 1.82) is 0 Å². The van der Waals surface area contributed by atoms with E-state index in [4.69, 9.17) is 0 Å². The number of aromatic nitrogens is 2. The number of carbonyl (C=O) groups is 1. The number of carbonyl (C=O) groups excluding carboxylic acids is 1. The van der Waals surface area contributed by atoms with Gasteiger partial charge in [-0.2, -0.15) is 5.10 Å². The van der Waals surface area contributed by atoms with Crippen molar-refractivity contribution in [3.05, 3.63) is 42.7 Å². The van der Waals surface area contributed by atoms with E-state index in [0.29, 0.717) is 5.92 Å². The lowest BCUT2D eigenvalue weighted by atomic mass is 9.88. The Morgan fingerprint density at radius 3 is 2.80 bits per heavy atom. The molecule has 1 aliphatic rings. The van der Waals surface area contributed by atoms with Crippen LogP contribution in [0.2, 0.25) is 0 Å². The minimum absolute atomic E-state index is 0.0244. The maximum Gasteiger partial charge on any atom is 0.227 e. The Morgan fingerprint density at radius 2 is 2.15 bits per heavy atom. The molecule has 2 aromatic rings. The van der Waals surface area contributed by atoms with Crippen LogP contribution in [0.15, 0.2) is 42.7 Å². The lowest BCUT2D eigenvalue weighted by Gasteiger charge is -2.31. The van der Waals surface area contributed by atoms with Crippen LogP contribution in [0.5, 0.6) is 0 Å². The first-order chi connectivity index (χ1) is 9.74. The molecule has 104 valence electrons. The Hall–Kier alpha value is -2.14. The van der Waals surface area contributed by atoms with Crippen molar-refractivity contribution in [1.82, 2.24) is 15.1 Å². The number of benzene rings is 1. The van der Waals surface area contributed by atoms with E-state index in [1.807, 2.05) is 43.5 Å². The van der Waals surface area contributed by atoms with E-state index < -0.39 is 0 Å². The van der Waals surface area contributed by atoms with Gasteiger partial charge in [-0.1, -0.05) is 25.1 Å². The minimum Gasteiger partial charge on any atom is -0.323 e. The molecule has 0 bridgehead atoms. The zero-order valence-electron chi connectivity index (χ0n) is 11.4. The lowest BCUT2D eigenvalue weighted by Crippen LogP contribution is -2.48. The molecule has 2 N–H and O–H groups in total. The zero-order chi connectivity index (χ0) is 13.9. The summed E-state index contributed by atoms with van der Waals surface area (Å²) >= 11 is 0. The standard InChI is InChI=1S/C15H18N4O/c1-11(12-7-16-8-12)15(20)18-13-9-17-19(10-13)14-5-3-2-4-6-14/h2-6,9-12,16H,7-8H2,1H3,(H,18,20). The highest BCUT2D eigenvalue weighted by molar-refractivity contribution is 5.92. The number of amides is 1. The van der Waals surface area contributed by atoms with Gasteiger partial charge in [-0.05, 0) is 31.1 Å². The summed E-state index contributed by atoms with van der Waals surface area (Å²) in [5, 5.41) is 10.4. The number of nitrogens with one attached hydrogen (secondary N) is 2. The molecule has 0 saturated carbocycles. The van der Waals surface area contributed by atoms with Crippen LogP contribution in [0.1, 0.15) is 6.92 Å². The molecular weight excluding hydrogens is 252 g/mol. The summed E-state index contributed by atoms with van der Waals surface area (Å²) in [7, 11) is 0. The van der Waals surface area contributed by atoms with E-state index in [1.54, 1.807) is 10.9 Å². The number of anilines is 1. The normalized spacial score (nSPS) is 16.4. The number of rotatable bonds is 4. The fraction of sp³-hybridized carbons (Fsp3) is 0.333. The maximum atomic E-state index is 12.1. The van der Waals surface area contributed by atoms with Gasteiger partial charge in [0.15, 0.2) is 0 Å². The quantitative estimate of drug-likeness (QED) is 0.888. The molecule has 0 spiro atoms. The molecule has 20 heavy (non-hydrogen) atoms. The summed E-state index contributed by atoms with van der Waals surface area (Å²) < 4.78 is 1.76. The molecule has 1 fully saturated rings. The van der Waals surface area contributed by atoms with Crippen LogP contribution in [-0.4, -0.2) is 28.8 Å². The Kier molecular flexibility index (Phi) is 3.52. The summed E-state index contributed by atoms with van der Waals surface area (Å²) in [5.74, 6) is 0.527.